The minimum Gasteiger partial charge on any atom is -0.394 e. The molecule has 2 amide bonds. The van der Waals surface area contributed by atoms with Gasteiger partial charge in [0.15, 0.2) is 0 Å². The van der Waals surface area contributed by atoms with Gasteiger partial charge in [-0.2, -0.15) is 5.10 Å². The number of carbonyl (C=O) groups is 1. The van der Waals surface area contributed by atoms with Crippen LogP contribution in [0.1, 0.15) is 30.1 Å². The third-order valence-corrected chi connectivity index (χ3v) is 4.26. The van der Waals surface area contributed by atoms with Gasteiger partial charge >= 0.3 is 6.03 Å². The number of aliphatic hydroxyl groups is 1. The van der Waals surface area contributed by atoms with Crippen LogP contribution in [0.2, 0.25) is 0 Å². The first-order valence-electron chi connectivity index (χ1n) is 8.62. The Kier molecular flexibility index (Phi) is 5.84. The van der Waals surface area contributed by atoms with E-state index in [1.807, 2.05) is 22.9 Å². The zero-order chi connectivity index (χ0) is 17.5. The van der Waals surface area contributed by atoms with Crippen molar-refractivity contribution < 1.29 is 9.90 Å². The number of carbonyl (C=O) groups excluding carboxylic acids is 1. The van der Waals surface area contributed by atoms with Gasteiger partial charge in [-0.15, -0.1) is 0 Å². The standard InChI is InChI=1S/C17H24N6O2/c24-11-10-23-15-5-3-4-14(13(15)12-21-23)22-17(25)20-9-8-19-16-6-1-2-7-18-16/h1-2,6-7,12,14,24H,3-5,8-11H2,(H,18,19)(H2,20,22,25)/t14-/m0/s1. The molecule has 1 aliphatic rings. The van der Waals surface area contributed by atoms with Gasteiger partial charge in [0.05, 0.1) is 25.4 Å². The lowest BCUT2D eigenvalue weighted by Gasteiger charge is -2.24. The van der Waals surface area contributed by atoms with E-state index in [-0.39, 0.29) is 18.7 Å². The van der Waals surface area contributed by atoms with Crippen molar-refractivity contribution in [2.24, 2.45) is 0 Å². The Labute approximate surface area is 146 Å². The number of nitrogens with one attached hydrogen (secondary N) is 3. The summed E-state index contributed by atoms with van der Waals surface area (Å²) in [7, 11) is 0. The summed E-state index contributed by atoms with van der Waals surface area (Å²) in [5, 5.41) is 22.4. The minimum atomic E-state index is -0.185. The van der Waals surface area contributed by atoms with Crippen LogP contribution >= 0.6 is 0 Å². The Morgan fingerprint density at radius 1 is 1.36 bits per heavy atom. The van der Waals surface area contributed by atoms with Crippen molar-refractivity contribution in [2.45, 2.75) is 31.8 Å². The molecule has 0 saturated carbocycles. The average molecular weight is 344 g/mol. The Morgan fingerprint density at radius 3 is 3.08 bits per heavy atom. The normalized spacial score (nSPS) is 16.1. The molecular formula is C17H24N6O2. The maximum atomic E-state index is 12.1. The highest BCUT2D eigenvalue weighted by atomic mass is 16.3. The fourth-order valence-electron chi connectivity index (χ4n) is 3.10. The predicted molar refractivity (Wildman–Crippen MR) is 94.3 cm³/mol. The van der Waals surface area contributed by atoms with Gasteiger partial charge in [-0.3, -0.25) is 4.68 Å². The third-order valence-electron chi connectivity index (χ3n) is 4.26. The Morgan fingerprint density at radius 2 is 2.28 bits per heavy atom. The predicted octanol–water partition coefficient (Wildman–Crippen LogP) is 1.06. The number of aliphatic hydroxyl groups excluding tert-OH is 1. The van der Waals surface area contributed by atoms with Crippen molar-refractivity contribution in [3.63, 3.8) is 0 Å². The zero-order valence-electron chi connectivity index (χ0n) is 14.1. The highest BCUT2D eigenvalue weighted by Crippen LogP contribution is 2.29. The van der Waals surface area contributed by atoms with Crippen LogP contribution in [0.4, 0.5) is 10.6 Å². The highest BCUT2D eigenvalue weighted by molar-refractivity contribution is 5.74. The fourth-order valence-corrected chi connectivity index (χ4v) is 3.10. The summed E-state index contributed by atoms with van der Waals surface area (Å²) in [6, 6.07) is 5.44. The summed E-state index contributed by atoms with van der Waals surface area (Å²) >= 11 is 0. The lowest BCUT2D eigenvalue weighted by Crippen LogP contribution is -2.40. The number of aromatic nitrogens is 3. The smallest absolute Gasteiger partial charge is 0.315 e. The van der Waals surface area contributed by atoms with Crippen LogP contribution in [-0.4, -0.2) is 45.6 Å². The summed E-state index contributed by atoms with van der Waals surface area (Å²) in [6.45, 7) is 1.67. The molecule has 1 atom stereocenters. The van der Waals surface area contributed by atoms with Gasteiger partial charge < -0.3 is 21.1 Å². The van der Waals surface area contributed by atoms with Crippen LogP contribution in [0.3, 0.4) is 0 Å². The molecule has 0 spiro atoms. The molecule has 2 aromatic rings. The molecule has 0 aliphatic heterocycles. The number of amides is 2. The molecule has 25 heavy (non-hydrogen) atoms. The van der Waals surface area contributed by atoms with Gasteiger partial charge in [-0.05, 0) is 31.4 Å². The molecule has 2 aromatic heterocycles. The maximum Gasteiger partial charge on any atom is 0.315 e. The van der Waals surface area contributed by atoms with Gasteiger partial charge in [0, 0.05) is 30.5 Å². The molecule has 1 aliphatic carbocycles. The highest BCUT2D eigenvalue weighted by Gasteiger charge is 2.25. The minimum absolute atomic E-state index is 0.0278. The summed E-state index contributed by atoms with van der Waals surface area (Å²) in [4.78, 5) is 16.3. The quantitative estimate of drug-likeness (QED) is 0.562. The Hall–Kier alpha value is -2.61. The molecule has 0 fully saturated rings. The number of hydrogen-bond acceptors (Lipinski definition) is 5. The molecular weight excluding hydrogens is 320 g/mol. The second-order valence-corrected chi connectivity index (χ2v) is 5.98. The molecule has 3 rings (SSSR count). The number of anilines is 1. The number of rotatable bonds is 7. The van der Waals surface area contributed by atoms with E-state index in [1.165, 1.54) is 0 Å². The van der Waals surface area contributed by atoms with Gasteiger partial charge in [-0.1, -0.05) is 6.07 Å². The summed E-state index contributed by atoms with van der Waals surface area (Å²) < 4.78 is 1.83. The van der Waals surface area contributed by atoms with Crippen LogP contribution in [-0.2, 0) is 13.0 Å². The monoisotopic (exact) mass is 344 g/mol. The van der Waals surface area contributed by atoms with Crippen molar-refractivity contribution >= 4 is 11.8 Å². The van der Waals surface area contributed by atoms with Crippen LogP contribution in [0.25, 0.3) is 0 Å². The summed E-state index contributed by atoms with van der Waals surface area (Å²) in [5.74, 6) is 0.790. The first-order chi connectivity index (χ1) is 12.3. The van der Waals surface area contributed by atoms with Gasteiger partial charge in [0.1, 0.15) is 5.82 Å². The number of fused-ring (bicyclic) bond motifs is 1. The first kappa shape index (κ1) is 17.2. The Bertz CT molecular complexity index is 688. The van der Waals surface area contributed by atoms with E-state index >= 15 is 0 Å². The van der Waals surface area contributed by atoms with E-state index in [1.54, 1.807) is 12.4 Å². The van der Waals surface area contributed by atoms with E-state index in [9.17, 15) is 4.79 Å². The second-order valence-electron chi connectivity index (χ2n) is 5.98. The van der Waals surface area contributed by atoms with Crippen molar-refractivity contribution in [1.82, 2.24) is 25.4 Å². The van der Waals surface area contributed by atoms with Crippen LogP contribution in [0, 0.1) is 0 Å². The van der Waals surface area contributed by atoms with Gasteiger partial charge in [0.25, 0.3) is 0 Å². The third kappa shape index (κ3) is 4.48. The van der Waals surface area contributed by atoms with Crippen molar-refractivity contribution in [1.29, 1.82) is 0 Å². The van der Waals surface area contributed by atoms with Crippen LogP contribution < -0.4 is 16.0 Å². The number of hydrogen-bond donors (Lipinski definition) is 4. The molecule has 0 unspecified atom stereocenters. The zero-order valence-corrected chi connectivity index (χ0v) is 14.1. The largest absolute Gasteiger partial charge is 0.394 e. The molecule has 0 aromatic carbocycles. The molecule has 8 heteroatoms. The van der Waals surface area contributed by atoms with E-state index in [2.05, 4.69) is 26.0 Å². The van der Waals surface area contributed by atoms with Crippen molar-refractivity contribution in [3.05, 3.63) is 41.9 Å². The fraction of sp³-hybridized carbons (Fsp3) is 0.471. The van der Waals surface area contributed by atoms with Gasteiger partial charge in [-0.25, -0.2) is 9.78 Å². The number of pyridine rings is 1. The van der Waals surface area contributed by atoms with E-state index in [0.717, 1.165) is 36.3 Å². The lowest BCUT2D eigenvalue weighted by atomic mass is 9.93. The molecule has 2 heterocycles. The summed E-state index contributed by atoms with van der Waals surface area (Å²) in [5.41, 5.74) is 2.17. The topological polar surface area (TPSA) is 104 Å². The molecule has 134 valence electrons. The molecule has 0 saturated heterocycles. The van der Waals surface area contributed by atoms with E-state index in [0.29, 0.717) is 19.6 Å². The van der Waals surface area contributed by atoms with E-state index < -0.39 is 0 Å². The van der Waals surface area contributed by atoms with Gasteiger partial charge in [0.2, 0.25) is 0 Å². The first-order valence-corrected chi connectivity index (χ1v) is 8.62. The summed E-state index contributed by atoms with van der Waals surface area (Å²) in [6.07, 6.45) is 6.36. The molecule has 4 N–H and O–H groups in total. The molecule has 8 nitrogen and oxygen atoms in total. The van der Waals surface area contributed by atoms with Crippen molar-refractivity contribution in [2.75, 3.05) is 25.0 Å². The SMILES string of the molecule is O=C(NCCNc1ccccn1)N[C@H]1CCCc2c1cnn2CCO. The maximum absolute atomic E-state index is 12.1. The lowest BCUT2D eigenvalue weighted by molar-refractivity contribution is 0.235. The number of nitrogens with zero attached hydrogens (tertiary/aromatic N) is 3. The number of urea groups is 1. The molecule has 0 bridgehead atoms. The van der Waals surface area contributed by atoms with Crippen LogP contribution in [0.15, 0.2) is 30.6 Å². The molecule has 0 radical (unpaired) electrons. The van der Waals surface area contributed by atoms with Crippen LogP contribution in [0.5, 0.6) is 0 Å². The van der Waals surface area contributed by atoms with Crippen molar-refractivity contribution in [3.8, 4) is 0 Å². The second kappa shape index (κ2) is 8.48. The Balaban J connectivity index is 1.46. The van der Waals surface area contributed by atoms with E-state index in [4.69, 9.17) is 5.11 Å². The average Bonchev–Trinajstić information content (AvgIpc) is 3.04.